The Bertz CT molecular complexity index is 1270. The summed E-state index contributed by atoms with van der Waals surface area (Å²) < 4.78 is 0. The van der Waals surface area contributed by atoms with Crippen LogP contribution in [0.15, 0.2) is 88.4 Å². The minimum Gasteiger partial charge on any atom is -0.340 e. The van der Waals surface area contributed by atoms with Gasteiger partial charge < -0.3 is 15.5 Å². The lowest BCUT2D eigenvalue weighted by Gasteiger charge is -2.41. The molecule has 2 amide bonds. The van der Waals surface area contributed by atoms with Gasteiger partial charge in [0.15, 0.2) is 5.17 Å². The van der Waals surface area contributed by atoms with Crippen molar-refractivity contribution in [2.24, 2.45) is 4.99 Å². The molecule has 2 N–H and O–H groups in total. The number of thioether (sulfide) groups is 1. The van der Waals surface area contributed by atoms with Crippen LogP contribution < -0.4 is 10.6 Å². The fourth-order valence-electron chi connectivity index (χ4n) is 4.21. The summed E-state index contributed by atoms with van der Waals surface area (Å²) >= 11 is 3.13. The summed E-state index contributed by atoms with van der Waals surface area (Å²) in [7, 11) is 0. The number of benzene rings is 2. The molecule has 0 spiro atoms. The molecule has 0 radical (unpaired) electrons. The number of hydrogen-bond acceptors (Lipinski definition) is 6. The highest BCUT2D eigenvalue weighted by Crippen LogP contribution is 2.40. The largest absolute Gasteiger partial charge is 0.340 e. The van der Waals surface area contributed by atoms with Crippen LogP contribution in [0, 0.1) is 0 Å². The number of allylic oxidation sites excluding steroid dienone is 1. The number of nitrogens with zero attached hydrogens (tertiary/aromatic N) is 2. The van der Waals surface area contributed by atoms with Crippen molar-refractivity contribution in [2.45, 2.75) is 19.4 Å². The number of fused-ring (bicyclic) bond motifs is 1. The molecule has 0 aliphatic carbocycles. The molecule has 2 aliphatic heterocycles. The van der Waals surface area contributed by atoms with E-state index in [1.807, 2.05) is 73.0 Å². The lowest BCUT2D eigenvalue weighted by atomic mass is 9.93. The number of carbonyl (C=O) groups excluding carboxylic acids is 2. The fourth-order valence-corrected chi connectivity index (χ4v) is 5.85. The summed E-state index contributed by atoms with van der Waals surface area (Å²) in [5.41, 5.74) is 3.72. The average molecular weight is 489 g/mol. The van der Waals surface area contributed by atoms with E-state index in [0.29, 0.717) is 21.8 Å². The van der Waals surface area contributed by atoms with Crippen molar-refractivity contribution >= 4 is 51.5 Å². The van der Waals surface area contributed by atoms with E-state index in [1.165, 1.54) is 11.3 Å². The third kappa shape index (κ3) is 4.64. The molecule has 2 aromatic carbocycles. The van der Waals surface area contributed by atoms with Crippen LogP contribution in [-0.4, -0.2) is 34.2 Å². The molecule has 0 bridgehead atoms. The number of rotatable bonds is 5. The van der Waals surface area contributed by atoms with Crippen LogP contribution in [0.4, 0.5) is 11.4 Å². The number of thiophene rings is 1. The van der Waals surface area contributed by atoms with Crippen LogP contribution in [0.1, 0.15) is 34.6 Å². The summed E-state index contributed by atoms with van der Waals surface area (Å²) in [5, 5.41) is 8.85. The van der Waals surface area contributed by atoms with Crippen LogP contribution in [-0.2, 0) is 4.79 Å². The maximum atomic E-state index is 13.5. The second-order valence-electron chi connectivity index (χ2n) is 8.07. The molecule has 6 nitrogen and oxygen atoms in total. The Balaban J connectivity index is 1.50. The predicted octanol–water partition coefficient (Wildman–Crippen LogP) is 5.76. The van der Waals surface area contributed by atoms with Crippen molar-refractivity contribution in [1.29, 1.82) is 0 Å². The SMILES string of the molecule is CC1=C(C(=O)Nc2ccccc2)C(c2cccc(NC(=O)c3cccs3)c2)N2CCCSC2=N1. The summed E-state index contributed by atoms with van der Waals surface area (Å²) in [6, 6.07) is 20.6. The minimum absolute atomic E-state index is 0.139. The zero-order valence-electron chi connectivity index (χ0n) is 18.7. The van der Waals surface area contributed by atoms with Gasteiger partial charge in [-0.25, -0.2) is 4.99 Å². The maximum Gasteiger partial charge on any atom is 0.265 e. The summed E-state index contributed by atoms with van der Waals surface area (Å²) in [5.74, 6) is 0.707. The first-order valence-corrected chi connectivity index (χ1v) is 13.0. The molecule has 0 saturated carbocycles. The molecule has 1 fully saturated rings. The molecule has 1 atom stereocenters. The van der Waals surface area contributed by atoms with Crippen LogP contribution in [0.2, 0.25) is 0 Å². The average Bonchev–Trinajstić information content (AvgIpc) is 3.39. The van der Waals surface area contributed by atoms with Crippen molar-refractivity contribution in [2.75, 3.05) is 22.9 Å². The predicted molar refractivity (Wildman–Crippen MR) is 140 cm³/mol. The van der Waals surface area contributed by atoms with Crippen molar-refractivity contribution in [3.8, 4) is 0 Å². The Kier molecular flexibility index (Phi) is 6.51. The Labute approximate surface area is 206 Å². The first-order chi connectivity index (χ1) is 16.6. The monoisotopic (exact) mass is 488 g/mol. The minimum atomic E-state index is -0.289. The van der Waals surface area contributed by atoms with E-state index < -0.39 is 0 Å². The third-order valence-electron chi connectivity index (χ3n) is 5.74. The number of aliphatic imine (C=N–C) groups is 1. The van der Waals surface area contributed by atoms with Crippen molar-refractivity contribution < 1.29 is 9.59 Å². The van der Waals surface area contributed by atoms with E-state index in [2.05, 4.69) is 15.5 Å². The summed E-state index contributed by atoms with van der Waals surface area (Å²) in [4.78, 5) is 33.8. The fraction of sp³-hybridized carbons (Fsp3) is 0.192. The number of amides is 2. The van der Waals surface area contributed by atoms with Gasteiger partial charge in [0.2, 0.25) is 0 Å². The van der Waals surface area contributed by atoms with Gasteiger partial charge in [-0.15, -0.1) is 11.3 Å². The summed E-state index contributed by atoms with van der Waals surface area (Å²) in [6.45, 7) is 2.71. The molecule has 3 heterocycles. The van der Waals surface area contributed by atoms with Gasteiger partial charge in [-0.3, -0.25) is 9.59 Å². The highest BCUT2D eigenvalue weighted by molar-refractivity contribution is 8.13. The molecule has 8 heteroatoms. The van der Waals surface area contributed by atoms with Gasteiger partial charge in [0, 0.05) is 23.7 Å². The molecular formula is C26H24N4O2S2. The van der Waals surface area contributed by atoms with E-state index in [1.54, 1.807) is 17.8 Å². The first kappa shape index (κ1) is 22.4. The van der Waals surface area contributed by atoms with E-state index in [9.17, 15) is 9.59 Å². The van der Waals surface area contributed by atoms with Crippen molar-refractivity contribution in [1.82, 2.24) is 4.90 Å². The van der Waals surface area contributed by atoms with Gasteiger partial charge in [-0.05, 0) is 54.6 Å². The lowest BCUT2D eigenvalue weighted by Crippen LogP contribution is -2.43. The van der Waals surface area contributed by atoms with E-state index in [-0.39, 0.29) is 17.9 Å². The second-order valence-corrected chi connectivity index (χ2v) is 10.1. The van der Waals surface area contributed by atoms with Gasteiger partial charge >= 0.3 is 0 Å². The van der Waals surface area contributed by atoms with Gasteiger partial charge in [-0.2, -0.15) is 0 Å². The highest BCUT2D eigenvalue weighted by atomic mass is 32.2. The number of amidine groups is 1. The van der Waals surface area contributed by atoms with Crippen molar-refractivity contribution in [3.05, 3.63) is 93.8 Å². The number of anilines is 2. The zero-order chi connectivity index (χ0) is 23.5. The van der Waals surface area contributed by atoms with Crippen LogP contribution >= 0.6 is 23.1 Å². The maximum absolute atomic E-state index is 13.5. The molecule has 34 heavy (non-hydrogen) atoms. The van der Waals surface area contributed by atoms with Crippen LogP contribution in [0.25, 0.3) is 0 Å². The van der Waals surface area contributed by atoms with Gasteiger partial charge in [0.05, 0.1) is 22.2 Å². The molecular weight excluding hydrogens is 464 g/mol. The number of carbonyl (C=O) groups is 2. The normalized spacial score (nSPS) is 17.6. The molecule has 2 aliphatic rings. The lowest BCUT2D eigenvalue weighted by molar-refractivity contribution is -0.113. The van der Waals surface area contributed by atoms with E-state index >= 15 is 0 Å². The number of para-hydroxylation sites is 1. The molecule has 1 unspecified atom stereocenters. The molecule has 1 aromatic heterocycles. The Morgan fingerprint density at radius 1 is 0.971 bits per heavy atom. The number of hydrogen-bond donors (Lipinski definition) is 2. The molecule has 1 saturated heterocycles. The van der Waals surface area contributed by atoms with Crippen LogP contribution in [0.3, 0.4) is 0 Å². The second kappa shape index (κ2) is 9.87. The summed E-state index contributed by atoms with van der Waals surface area (Å²) in [6.07, 6.45) is 1.02. The smallest absolute Gasteiger partial charge is 0.265 e. The molecule has 3 aromatic rings. The molecule has 5 rings (SSSR count). The van der Waals surface area contributed by atoms with Gasteiger partial charge in [0.25, 0.3) is 11.8 Å². The standard InChI is InChI=1S/C26H24N4O2S2/c1-17-22(25(32)28-19-9-3-2-4-10-19)23(30-13-7-15-34-26(30)27-17)18-8-5-11-20(16-18)29-24(31)21-12-6-14-33-21/h2-6,8-12,14,16,23H,7,13,15H2,1H3,(H,28,32)(H,29,31). The Morgan fingerprint density at radius 3 is 2.56 bits per heavy atom. The topological polar surface area (TPSA) is 73.8 Å². The third-order valence-corrected chi connectivity index (χ3v) is 7.69. The van der Waals surface area contributed by atoms with Gasteiger partial charge in [0.1, 0.15) is 0 Å². The Hall–Kier alpha value is -3.36. The zero-order valence-corrected chi connectivity index (χ0v) is 20.3. The molecule has 172 valence electrons. The highest BCUT2D eigenvalue weighted by Gasteiger charge is 2.37. The van der Waals surface area contributed by atoms with E-state index in [4.69, 9.17) is 4.99 Å². The van der Waals surface area contributed by atoms with E-state index in [0.717, 1.165) is 35.1 Å². The first-order valence-electron chi connectivity index (χ1n) is 11.1. The van der Waals surface area contributed by atoms with Crippen LogP contribution in [0.5, 0.6) is 0 Å². The quantitative estimate of drug-likeness (QED) is 0.479. The van der Waals surface area contributed by atoms with Crippen molar-refractivity contribution in [3.63, 3.8) is 0 Å². The van der Waals surface area contributed by atoms with Gasteiger partial charge in [-0.1, -0.05) is 48.2 Å². The number of nitrogens with one attached hydrogen (secondary N) is 2. The Morgan fingerprint density at radius 2 is 1.76 bits per heavy atom.